The van der Waals surface area contributed by atoms with Gasteiger partial charge in [-0.3, -0.25) is 0 Å². The van der Waals surface area contributed by atoms with Gasteiger partial charge in [0.2, 0.25) is 0 Å². The van der Waals surface area contributed by atoms with Crippen molar-refractivity contribution >= 4 is 11.6 Å². The van der Waals surface area contributed by atoms with Crippen molar-refractivity contribution in [3.05, 3.63) is 87.0 Å². The van der Waals surface area contributed by atoms with Gasteiger partial charge in [-0.1, -0.05) is 36.7 Å². The lowest BCUT2D eigenvalue weighted by molar-refractivity contribution is 0.610. The molecule has 0 radical (unpaired) electrons. The maximum atomic E-state index is 13.9. The van der Waals surface area contributed by atoms with Crippen LogP contribution in [-0.4, -0.2) is 9.97 Å². The minimum absolute atomic E-state index is 0.0559. The summed E-state index contributed by atoms with van der Waals surface area (Å²) in [5.74, 6) is -0.249. The Hall–Kier alpha value is -2.20. The minimum atomic E-state index is -0.468. The lowest BCUT2D eigenvalue weighted by atomic mass is 9.89. The fourth-order valence-electron chi connectivity index (χ4n) is 2.96. The van der Waals surface area contributed by atoms with Crippen LogP contribution in [0.1, 0.15) is 46.7 Å². The fraction of sp³-hybridized carbons (Fsp3) is 0.250. The van der Waals surface area contributed by atoms with Crippen LogP contribution in [0.5, 0.6) is 0 Å². The molecule has 2 nitrogen and oxygen atoms in total. The van der Waals surface area contributed by atoms with Gasteiger partial charge in [0.05, 0.1) is 16.6 Å². The van der Waals surface area contributed by atoms with Gasteiger partial charge in [-0.15, -0.1) is 0 Å². The second-order valence-corrected chi connectivity index (χ2v) is 6.55. The number of nitrogens with zero attached hydrogens (tertiary/aromatic N) is 1. The average molecular weight is 361 g/mol. The monoisotopic (exact) mass is 360 g/mol. The molecule has 0 aliphatic heterocycles. The Bertz CT molecular complexity index is 899. The summed E-state index contributed by atoms with van der Waals surface area (Å²) in [7, 11) is 0. The van der Waals surface area contributed by atoms with E-state index in [9.17, 15) is 8.78 Å². The van der Waals surface area contributed by atoms with E-state index in [2.05, 4.69) is 9.97 Å². The zero-order valence-corrected chi connectivity index (χ0v) is 15.1. The van der Waals surface area contributed by atoms with Crippen LogP contribution in [0.15, 0.2) is 36.4 Å². The number of aryl methyl sites for hydroxylation is 3. The third-order valence-electron chi connectivity index (χ3n) is 4.48. The molecule has 0 spiro atoms. The quantitative estimate of drug-likeness (QED) is 0.635. The number of benzene rings is 2. The van der Waals surface area contributed by atoms with Gasteiger partial charge in [0.1, 0.15) is 17.5 Å². The van der Waals surface area contributed by atoms with Crippen LogP contribution in [0.2, 0.25) is 5.02 Å². The van der Waals surface area contributed by atoms with Crippen molar-refractivity contribution in [1.82, 2.24) is 9.97 Å². The first-order valence-corrected chi connectivity index (χ1v) is 8.54. The third kappa shape index (κ3) is 3.45. The summed E-state index contributed by atoms with van der Waals surface area (Å²) in [4.78, 5) is 7.89. The first kappa shape index (κ1) is 17.6. The normalized spacial score (nSPS) is 12.4. The molecular weight excluding hydrogens is 342 g/mol. The van der Waals surface area contributed by atoms with Crippen LogP contribution in [0.25, 0.3) is 0 Å². The van der Waals surface area contributed by atoms with E-state index in [1.807, 2.05) is 26.8 Å². The number of nitrogens with one attached hydrogen (secondary N) is 1. The topological polar surface area (TPSA) is 28.7 Å². The largest absolute Gasteiger partial charge is 0.345 e. The van der Waals surface area contributed by atoms with Crippen LogP contribution in [0, 0.1) is 25.5 Å². The van der Waals surface area contributed by atoms with Crippen LogP contribution < -0.4 is 0 Å². The summed E-state index contributed by atoms with van der Waals surface area (Å²) in [5, 5.41) is 0.0559. The molecule has 1 heterocycles. The van der Waals surface area contributed by atoms with Crippen molar-refractivity contribution in [2.24, 2.45) is 0 Å². The summed E-state index contributed by atoms with van der Waals surface area (Å²) in [6.45, 7) is 5.78. The van der Waals surface area contributed by atoms with Gasteiger partial charge < -0.3 is 4.98 Å². The Kier molecular flexibility index (Phi) is 4.91. The maximum Gasteiger partial charge on any atom is 0.141 e. The standard InChI is InChI=1S/C20H19ClF2N2/c1-4-13-9-14(5-7-17(13)22)19(20-24-11(2)12(3)25-20)15-6-8-18(23)16(21)10-15/h5-10,19H,4H2,1-3H3,(H,24,25). The highest BCUT2D eigenvalue weighted by Crippen LogP contribution is 2.33. The second kappa shape index (κ2) is 6.96. The van der Waals surface area contributed by atoms with Crippen LogP contribution >= 0.6 is 11.6 Å². The Balaban J connectivity index is 2.19. The van der Waals surface area contributed by atoms with E-state index in [0.29, 0.717) is 12.0 Å². The first-order valence-electron chi connectivity index (χ1n) is 8.17. The lowest BCUT2D eigenvalue weighted by Crippen LogP contribution is -2.07. The number of imidazole rings is 1. The van der Waals surface area contributed by atoms with Crippen molar-refractivity contribution in [2.75, 3.05) is 0 Å². The Morgan fingerprint density at radius 1 is 1.04 bits per heavy atom. The highest BCUT2D eigenvalue weighted by atomic mass is 35.5. The summed E-state index contributed by atoms with van der Waals surface area (Å²) in [6, 6.07) is 9.68. The molecule has 0 fully saturated rings. The predicted octanol–water partition coefficient (Wildman–Crippen LogP) is 5.70. The Morgan fingerprint density at radius 2 is 1.68 bits per heavy atom. The van der Waals surface area contributed by atoms with E-state index in [-0.39, 0.29) is 16.8 Å². The Labute approximate surface area is 150 Å². The average Bonchev–Trinajstić information content (AvgIpc) is 2.91. The molecule has 0 bridgehead atoms. The molecule has 0 aliphatic carbocycles. The molecule has 3 aromatic rings. The van der Waals surface area contributed by atoms with Gasteiger partial charge in [-0.05, 0) is 55.2 Å². The van der Waals surface area contributed by atoms with Crippen LogP contribution in [0.4, 0.5) is 8.78 Å². The van der Waals surface area contributed by atoms with Crippen LogP contribution in [0.3, 0.4) is 0 Å². The zero-order valence-electron chi connectivity index (χ0n) is 14.3. The van der Waals surface area contributed by atoms with Gasteiger partial charge in [0.25, 0.3) is 0 Å². The number of halogens is 3. The molecule has 2 aromatic carbocycles. The summed E-state index contributed by atoms with van der Waals surface area (Å²) in [6.07, 6.45) is 0.590. The number of hydrogen-bond donors (Lipinski definition) is 1. The number of aromatic nitrogens is 2. The van der Waals surface area contributed by atoms with Crippen molar-refractivity contribution in [2.45, 2.75) is 33.1 Å². The molecule has 1 N–H and O–H groups in total. The van der Waals surface area contributed by atoms with Gasteiger partial charge in [0, 0.05) is 5.69 Å². The van der Waals surface area contributed by atoms with Crippen LogP contribution in [-0.2, 0) is 6.42 Å². The number of aromatic amines is 1. The molecule has 1 atom stereocenters. The van der Waals surface area contributed by atoms with E-state index in [1.54, 1.807) is 18.2 Å². The molecule has 25 heavy (non-hydrogen) atoms. The predicted molar refractivity (Wildman–Crippen MR) is 96.2 cm³/mol. The molecular formula is C20H19ClF2N2. The van der Waals surface area contributed by atoms with Gasteiger partial charge in [0.15, 0.2) is 0 Å². The highest BCUT2D eigenvalue weighted by molar-refractivity contribution is 6.30. The van der Waals surface area contributed by atoms with Crippen molar-refractivity contribution < 1.29 is 8.78 Å². The second-order valence-electron chi connectivity index (χ2n) is 6.14. The summed E-state index contributed by atoms with van der Waals surface area (Å²) in [5.41, 5.74) is 4.18. The molecule has 0 saturated carbocycles. The van der Waals surface area contributed by atoms with Crippen molar-refractivity contribution in [3.8, 4) is 0 Å². The van der Waals surface area contributed by atoms with E-state index in [1.165, 1.54) is 12.1 Å². The SMILES string of the molecule is CCc1cc(C(c2ccc(F)c(Cl)c2)c2nc(C)c(C)[nH]2)ccc1F. The van der Waals surface area contributed by atoms with E-state index in [4.69, 9.17) is 11.6 Å². The molecule has 1 aromatic heterocycles. The minimum Gasteiger partial charge on any atom is -0.345 e. The highest BCUT2D eigenvalue weighted by Gasteiger charge is 2.22. The van der Waals surface area contributed by atoms with Crippen molar-refractivity contribution in [1.29, 1.82) is 0 Å². The smallest absolute Gasteiger partial charge is 0.141 e. The van der Waals surface area contributed by atoms with Crippen molar-refractivity contribution in [3.63, 3.8) is 0 Å². The lowest BCUT2D eigenvalue weighted by Gasteiger charge is -2.18. The van der Waals surface area contributed by atoms with Gasteiger partial charge in [-0.25, -0.2) is 13.8 Å². The molecule has 5 heteroatoms. The molecule has 0 saturated heterocycles. The van der Waals surface area contributed by atoms with E-state index >= 15 is 0 Å². The molecule has 3 rings (SSSR count). The molecule has 0 aliphatic rings. The summed E-state index contributed by atoms with van der Waals surface area (Å²) >= 11 is 5.99. The first-order chi connectivity index (χ1) is 11.9. The van der Waals surface area contributed by atoms with Gasteiger partial charge in [-0.2, -0.15) is 0 Å². The van der Waals surface area contributed by atoms with E-state index in [0.717, 1.165) is 28.3 Å². The number of rotatable bonds is 4. The molecule has 1 unspecified atom stereocenters. The maximum absolute atomic E-state index is 13.9. The zero-order chi connectivity index (χ0) is 18.1. The number of hydrogen-bond acceptors (Lipinski definition) is 1. The molecule has 0 amide bonds. The van der Waals surface area contributed by atoms with Gasteiger partial charge >= 0.3 is 0 Å². The Morgan fingerprint density at radius 3 is 2.24 bits per heavy atom. The summed E-state index contributed by atoms with van der Waals surface area (Å²) < 4.78 is 27.5. The third-order valence-corrected chi connectivity index (χ3v) is 4.77. The van der Waals surface area contributed by atoms with E-state index < -0.39 is 5.82 Å². The number of H-pyrrole nitrogens is 1. The molecule has 130 valence electrons. The fourth-order valence-corrected chi connectivity index (χ4v) is 3.15.